The van der Waals surface area contributed by atoms with Gasteiger partial charge in [0.05, 0.1) is 16.9 Å². The summed E-state index contributed by atoms with van der Waals surface area (Å²) < 4.78 is 13.6. The average Bonchev–Trinajstić information content (AvgIpc) is 3.13. The van der Waals surface area contributed by atoms with Crippen LogP contribution in [0.2, 0.25) is 0 Å². The van der Waals surface area contributed by atoms with Gasteiger partial charge in [-0.05, 0) is 63.9 Å². The minimum atomic E-state index is 0.0150. The predicted molar refractivity (Wildman–Crippen MR) is 191 cm³/mol. The van der Waals surface area contributed by atoms with Crippen LogP contribution in [-0.2, 0) is 0 Å². The molecule has 2 atom stereocenters. The fraction of sp³-hybridized carbons (Fsp3) is 0.0714. The van der Waals surface area contributed by atoms with Gasteiger partial charge in [0.15, 0.2) is 34.6 Å². The lowest BCUT2D eigenvalue weighted by atomic mass is 9.89. The van der Waals surface area contributed by atoms with Crippen molar-refractivity contribution in [3.63, 3.8) is 0 Å². The van der Waals surface area contributed by atoms with Gasteiger partial charge in [0, 0.05) is 11.5 Å². The normalized spacial score (nSPS) is 17.0. The van der Waals surface area contributed by atoms with Gasteiger partial charge in [0.25, 0.3) is 0 Å². The molecule has 3 aliphatic rings. The van der Waals surface area contributed by atoms with Crippen LogP contribution in [0.4, 0.5) is 17.1 Å². The molecule has 1 aromatic heterocycles. The van der Waals surface area contributed by atoms with E-state index in [4.69, 9.17) is 24.4 Å². The molecule has 0 amide bonds. The summed E-state index contributed by atoms with van der Waals surface area (Å²) in [5.74, 6) is 5.07. The van der Waals surface area contributed by atoms with E-state index in [1.807, 2.05) is 42.5 Å². The van der Waals surface area contributed by atoms with E-state index in [1.54, 1.807) is 0 Å². The van der Waals surface area contributed by atoms with E-state index < -0.39 is 0 Å². The summed E-state index contributed by atoms with van der Waals surface area (Å²) in [7, 11) is 0. The molecule has 10 rings (SSSR count). The molecule has 6 aromatic carbocycles. The molecule has 0 fully saturated rings. The zero-order valence-corrected chi connectivity index (χ0v) is 26.0. The smallest absolute Gasteiger partial charge is 0.167 e. The van der Waals surface area contributed by atoms with Crippen LogP contribution in [0.5, 0.6) is 23.0 Å². The Bertz CT molecular complexity index is 2480. The van der Waals surface area contributed by atoms with Crippen molar-refractivity contribution < 1.29 is 9.47 Å². The zero-order valence-electron chi connectivity index (χ0n) is 26.0. The SMILES string of the molecule is CC1C=CC=CC1c1nc(-c2ccccc2)nc(-c2ccc3c4c2Oc2cc5ccccc5cc2N4c2cc4ccccc4cc2O3)n1. The fourth-order valence-corrected chi connectivity index (χ4v) is 7.07. The molecule has 0 bridgehead atoms. The first-order valence-electron chi connectivity index (χ1n) is 16.2. The first-order chi connectivity index (χ1) is 23.7. The second kappa shape index (κ2) is 10.4. The van der Waals surface area contributed by atoms with Crippen LogP contribution >= 0.6 is 0 Å². The number of aromatic nitrogens is 3. The molecule has 1 aliphatic carbocycles. The Kier molecular flexibility index (Phi) is 5.81. The van der Waals surface area contributed by atoms with E-state index in [-0.39, 0.29) is 11.8 Å². The van der Waals surface area contributed by atoms with Crippen LogP contribution < -0.4 is 14.4 Å². The highest BCUT2D eigenvalue weighted by Crippen LogP contribution is 2.62. The average molecular weight is 621 g/mol. The standard InChI is InChI=1S/C42H28N4O2/c1-25-11-5-10-18-31(25)41-43-40(26-12-3-2-4-13-26)44-42(45-41)32-19-20-35-38-39(32)48-37-24-30-17-9-7-15-28(30)22-34(37)46(38)33-21-27-14-6-8-16-29(27)23-36(33)47-35/h2-25,31H,1H3. The van der Waals surface area contributed by atoms with Crippen LogP contribution in [0.3, 0.4) is 0 Å². The van der Waals surface area contributed by atoms with E-state index >= 15 is 0 Å². The molecular formula is C42H28N4O2. The molecule has 3 heterocycles. The molecule has 0 spiro atoms. The number of ether oxygens (including phenoxy) is 2. The number of fused-ring (bicyclic) bond motifs is 6. The van der Waals surface area contributed by atoms with Crippen molar-refractivity contribution in [1.82, 2.24) is 15.0 Å². The highest BCUT2D eigenvalue weighted by molar-refractivity contribution is 6.03. The highest BCUT2D eigenvalue weighted by atomic mass is 16.5. The molecule has 0 N–H and O–H groups in total. The third kappa shape index (κ3) is 4.16. The predicted octanol–water partition coefficient (Wildman–Crippen LogP) is 11.0. The molecule has 0 saturated heterocycles. The van der Waals surface area contributed by atoms with Crippen LogP contribution in [0.15, 0.2) is 140 Å². The van der Waals surface area contributed by atoms with Crippen molar-refractivity contribution in [2.45, 2.75) is 12.8 Å². The van der Waals surface area contributed by atoms with Gasteiger partial charge in [-0.1, -0.05) is 110 Å². The summed E-state index contributed by atoms with van der Waals surface area (Å²) in [6.45, 7) is 2.19. The Balaban J connectivity index is 1.23. The maximum absolute atomic E-state index is 6.93. The van der Waals surface area contributed by atoms with E-state index in [0.29, 0.717) is 23.1 Å². The minimum absolute atomic E-state index is 0.0150. The first-order valence-corrected chi connectivity index (χ1v) is 16.2. The summed E-state index contributed by atoms with van der Waals surface area (Å²) in [5.41, 5.74) is 4.44. The van der Waals surface area contributed by atoms with Crippen molar-refractivity contribution in [3.05, 3.63) is 145 Å². The Morgan fingerprint density at radius 2 is 1.17 bits per heavy atom. The lowest BCUT2D eigenvalue weighted by molar-refractivity contribution is 0.447. The van der Waals surface area contributed by atoms with E-state index in [1.165, 1.54) is 0 Å². The molecular weight excluding hydrogens is 592 g/mol. The molecule has 2 unspecified atom stereocenters. The van der Waals surface area contributed by atoms with Crippen molar-refractivity contribution in [2.75, 3.05) is 4.90 Å². The molecule has 0 radical (unpaired) electrons. The van der Waals surface area contributed by atoms with Gasteiger partial charge in [-0.2, -0.15) is 0 Å². The third-order valence-electron chi connectivity index (χ3n) is 9.52. The summed E-state index contributed by atoms with van der Waals surface area (Å²) in [5, 5.41) is 4.49. The largest absolute Gasteiger partial charge is 0.453 e. The molecule has 0 saturated carbocycles. The number of hydrogen-bond donors (Lipinski definition) is 0. The van der Waals surface area contributed by atoms with Gasteiger partial charge < -0.3 is 9.47 Å². The summed E-state index contributed by atoms with van der Waals surface area (Å²) in [6, 6.07) is 39.5. The monoisotopic (exact) mass is 620 g/mol. The van der Waals surface area contributed by atoms with Gasteiger partial charge >= 0.3 is 0 Å². The van der Waals surface area contributed by atoms with Crippen molar-refractivity contribution in [1.29, 1.82) is 0 Å². The van der Waals surface area contributed by atoms with E-state index in [2.05, 4.69) is 109 Å². The lowest BCUT2D eigenvalue weighted by Crippen LogP contribution is -2.21. The van der Waals surface area contributed by atoms with Gasteiger partial charge in [0.2, 0.25) is 0 Å². The van der Waals surface area contributed by atoms with Gasteiger partial charge in [0.1, 0.15) is 11.5 Å². The molecule has 48 heavy (non-hydrogen) atoms. The third-order valence-corrected chi connectivity index (χ3v) is 9.52. The molecule has 6 nitrogen and oxygen atoms in total. The summed E-state index contributed by atoms with van der Waals surface area (Å²) in [6.07, 6.45) is 8.52. The van der Waals surface area contributed by atoms with Crippen molar-refractivity contribution in [2.24, 2.45) is 5.92 Å². The molecule has 7 aromatic rings. The fourth-order valence-electron chi connectivity index (χ4n) is 7.07. The van der Waals surface area contributed by atoms with Crippen LogP contribution in [0.25, 0.3) is 44.3 Å². The summed E-state index contributed by atoms with van der Waals surface area (Å²) in [4.78, 5) is 17.5. The number of allylic oxidation sites excluding steroid dienone is 4. The number of anilines is 3. The Morgan fingerprint density at radius 1 is 0.562 bits per heavy atom. The van der Waals surface area contributed by atoms with Crippen LogP contribution in [0.1, 0.15) is 18.7 Å². The minimum Gasteiger partial charge on any atom is -0.453 e. The van der Waals surface area contributed by atoms with Crippen molar-refractivity contribution >= 4 is 38.6 Å². The molecule has 6 heteroatoms. The van der Waals surface area contributed by atoms with E-state index in [0.717, 1.165) is 67.1 Å². The Hall–Kier alpha value is -6.27. The second-order valence-corrected chi connectivity index (χ2v) is 12.5. The van der Waals surface area contributed by atoms with Gasteiger partial charge in [-0.25, -0.2) is 15.0 Å². The Labute approximate surface area is 277 Å². The number of rotatable bonds is 3. The zero-order chi connectivity index (χ0) is 31.8. The highest BCUT2D eigenvalue weighted by Gasteiger charge is 2.37. The number of hydrogen-bond acceptors (Lipinski definition) is 6. The summed E-state index contributed by atoms with van der Waals surface area (Å²) >= 11 is 0. The maximum Gasteiger partial charge on any atom is 0.167 e. The molecule has 2 aliphatic heterocycles. The van der Waals surface area contributed by atoms with Crippen LogP contribution in [0, 0.1) is 5.92 Å². The number of nitrogens with zero attached hydrogens (tertiary/aromatic N) is 4. The quantitative estimate of drug-likeness (QED) is 0.196. The number of benzene rings is 6. The van der Waals surface area contributed by atoms with Crippen molar-refractivity contribution in [3.8, 4) is 45.8 Å². The molecule has 228 valence electrons. The van der Waals surface area contributed by atoms with E-state index in [9.17, 15) is 0 Å². The van der Waals surface area contributed by atoms with Gasteiger partial charge in [-0.3, -0.25) is 4.90 Å². The maximum atomic E-state index is 6.93. The topological polar surface area (TPSA) is 60.4 Å². The van der Waals surface area contributed by atoms with Crippen LogP contribution in [-0.4, -0.2) is 15.0 Å². The first kappa shape index (κ1) is 26.9. The lowest BCUT2D eigenvalue weighted by Gasteiger charge is -2.38. The van der Waals surface area contributed by atoms with Gasteiger partial charge in [-0.15, -0.1) is 0 Å². The Morgan fingerprint density at radius 3 is 1.85 bits per heavy atom. The second-order valence-electron chi connectivity index (χ2n) is 12.5.